The van der Waals surface area contributed by atoms with Crippen LogP contribution in [0.2, 0.25) is 0 Å². The average molecular weight is 142 g/mol. The summed E-state index contributed by atoms with van der Waals surface area (Å²) in [5.74, 6) is -0.383. The minimum absolute atomic E-state index is 0.375. The lowest BCUT2D eigenvalue weighted by atomic mass is 10.1. The van der Waals surface area contributed by atoms with Gasteiger partial charge in [-0.3, -0.25) is 0 Å². The number of aliphatic hydroxyl groups is 1. The van der Waals surface area contributed by atoms with Gasteiger partial charge >= 0.3 is 5.97 Å². The summed E-state index contributed by atoms with van der Waals surface area (Å²) < 4.78 is 4.75. The topological polar surface area (TPSA) is 46.5 Å². The van der Waals surface area contributed by atoms with Gasteiger partial charge in [-0.25, -0.2) is 4.79 Å². The summed E-state index contributed by atoms with van der Waals surface area (Å²) in [5, 5.41) is 8.97. The summed E-state index contributed by atoms with van der Waals surface area (Å²) in [6.45, 7) is 5.08. The lowest BCUT2D eigenvalue weighted by molar-refractivity contribution is -0.142. The minimum Gasteiger partial charge on any atom is -0.456 e. The minimum atomic E-state index is -0.594. The molecule has 0 saturated carbocycles. The first-order valence-corrected chi connectivity index (χ1v) is 3.18. The lowest BCUT2D eigenvalue weighted by Crippen LogP contribution is -2.21. The number of rotatable bonds is 1. The molecule has 0 aromatic carbocycles. The van der Waals surface area contributed by atoms with E-state index >= 15 is 0 Å². The highest BCUT2D eigenvalue weighted by Gasteiger charge is 2.30. The summed E-state index contributed by atoms with van der Waals surface area (Å²) >= 11 is 0. The highest BCUT2D eigenvalue weighted by atomic mass is 16.6. The molecule has 56 valence electrons. The number of carbonyl (C=O) groups excluding carboxylic acids is 1. The molecule has 3 nitrogen and oxygen atoms in total. The molecule has 1 aliphatic rings. The molecular weight excluding hydrogens is 132 g/mol. The Bertz CT molecular complexity index is 156. The van der Waals surface area contributed by atoms with Crippen molar-refractivity contribution in [1.82, 2.24) is 0 Å². The maximum absolute atomic E-state index is 10.7. The van der Waals surface area contributed by atoms with E-state index in [4.69, 9.17) is 9.84 Å². The van der Waals surface area contributed by atoms with Gasteiger partial charge in [-0.1, -0.05) is 6.58 Å². The molecule has 1 heterocycles. The second kappa shape index (κ2) is 2.42. The van der Waals surface area contributed by atoms with E-state index in [1.165, 1.54) is 0 Å². The van der Waals surface area contributed by atoms with Crippen molar-refractivity contribution in [3.63, 3.8) is 0 Å². The molecule has 10 heavy (non-hydrogen) atoms. The second-order valence-electron chi connectivity index (χ2n) is 2.49. The van der Waals surface area contributed by atoms with Crippen LogP contribution >= 0.6 is 0 Å². The molecule has 0 spiro atoms. The Hall–Kier alpha value is -0.830. The van der Waals surface area contributed by atoms with Crippen LogP contribution in [-0.4, -0.2) is 23.3 Å². The third-order valence-electron chi connectivity index (χ3n) is 1.53. The van der Waals surface area contributed by atoms with Crippen molar-refractivity contribution in [2.24, 2.45) is 0 Å². The molecule has 2 atom stereocenters. The number of cyclic esters (lactones) is 1. The smallest absolute Gasteiger partial charge is 0.333 e. The van der Waals surface area contributed by atoms with Gasteiger partial charge in [0.05, 0.1) is 6.10 Å². The first kappa shape index (κ1) is 7.28. The molecule has 1 rings (SSSR count). The fourth-order valence-electron chi connectivity index (χ4n) is 0.858. The number of hydrogen-bond acceptors (Lipinski definition) is 3. The van der Waals surface area contributed by atoms with E-state index < -0.39 is 6.10 Å². The van der Waals surface area contributed by atoms with E-state index in [0.717, 1.165) is 0 Å². The third kappa shape index (κ3) is 1.19. The Kier molecular flexibility index (Phi) is 1.76. The molecule has 1 saturated heterocycles. The molecule has 0 amide bonds. The number of hydrogen-bond donors (Lipinski definition) is 1. The van der Waals surface area contributed by atoms with Crippen LogP contribution in [0.1, 0.15) is 13.3 Å². The predicted octanol–water partition coefficient (Wildman–Crippen LogP) is 0.239. The Balaban J connectivity index is 2.57. The van der Waals surface area contributed by atoms with Gasteiger partial charge in [-0.15, -0.1) is 0 Å². The van der Waals surface area contributed by atoms with Crippen molar-refractivity contribution in [3.8, 4) is 0 Å². The zero-order chi connectivity index (χ0) is 7.72. The standard InChI is InChI=1S/C7H10O3/c1-4-3-6(5(2)8)10-7(4)9/h5-6,8H,1,3H2,2H3/t5-,6-/m1/s1. The lowest BCUT2D eigenvalue weighted by Gasteiger charge is -2.10. The first-order chi connectivity index (χ1) is 4.61. The maximum Gasteiger partial charge on any atom is 0.333 e. The molecule has 1 aliphatic heterocycles. The SMILES string of the molecule is C=C1C[C@H]([C@@H](C)O)OC1=O. The molecule has 1 N–H and O–H groups in total. The summed E-state index contributed by atoms with van der Waals surface area (Å²) in [4.78, 5) is 10.7. The van der Waals surface area contributed by atoms with E-state index in [0.29, 0.717) is 12.0 Å². The zero-order valence-electron chi connectivity index (χ0n) is 5.83. The average Bonchev–Trinajstić information content (AvgIpc) is 2.13. The van der Waals surface area contributed by atoms with E-state index in [-0.39, 0.29) is 12.1 Å². The third-order valence-corrected chi connectivity index (χ3v) is 1.53. The van der Waals surface area contributed by atoms with E-state index in [1.54, 1.807) is 6.92 Å². The van der Waals surface area contributed by atoms with Crippen molar-refractivity contribution in [1.29, 1.82) is 0 Å². The molecule has 0 aromatic rings. The van der Waals surface area contributed by atoms with Crippen LogP contribution in [0, 0.1) is 0 Å². The molecule has 0 aromatic heterocycles. The Morgan fingerprint density at radius 1 is 1.90 bits per heavy atom. The summed E-state index contributed by atoms with van der Waals surface area (Å²) in [5.41, 5.74) is 0.450. The molecular formula is C7H10O3. The van der Waals surface area contributed by atoms with Gasteiger partial charge in [-0.2, -0.15) is 0 Å². The normalized spacial score (nSPS) is 28.4. The van der Waals surface area contributed by atoms with Crippen molar-refractivity contribution in [2.75, 3.05) is 0 Å². The van der Waals surface area contributed by atoms with Crippen molar-refractivity contribution < 1.29 is 14.6 Å². The van der Waals surface area contributed by atoms with Gasteiger partial charge in [0.2, 0.25) is 0 Å². The zero-order valence-corrected chi connectivity index (χ0v) is 5.83. The van der Waals surface area contributed by atoms with Crippen LogP contribution < -0.4 is 0 Å². The molecule has 0 bridgehead atoms. The van der Waals surface area contributed by atoms with Gasteiger partial charge in [0.25, 0.3) is 0 Å². The Morgan fingerprint density at radius 3 is 2.70 bits per heavy atom. The molecule has 3 heteroatoms. The Labute approximate surface area is 59.3 Å². The van der Waals surface area contributed by atoms with Gasteiger partial charge < -0.3 is 9.84 Å². The fourth-order valence-corrected chi connectivity index (χ4v) is 0.858. The maximum atomic E-state index is 10.7. The van der Waals surface area contributed by atoms with Crippen LogP contribution in [-0.2, 0) is 9.53 Å². The van der Waals surface area contributed by atoms with Crippen LogP contribution in [0.25, 0.3) is 0 Å². The fraction of sp³-hybridized carbons (Fsp3) is 0.571. The number of ether oxygens (including phenoxy) is 1. The van der Waals surface area contributed by atoms with Gasteiger partial charge in [0.1, 0.15) is 6.10 Å². The number of carbonyl (C=O) groups is 1. The van der Waals surface area contributed by atoms with E-state index in [2.05, 4.69) is 6.58 Å². The van der Waals surface area contributed by atoms with Gasteiger partial charge in [0, 0.05) is 12.0 Å². The highest BCUT2D eigenvalue weighted by molar-refractivity contribution is 5.89. The molecule has 0 radical (unpaired) electrons. The van der Waals surface area contributed by atoms with Crippen LogP contribution in [0.3, 0.4) is 0 Å². The van der Waals surface area contributed by atoms with Crippen LogP contribution in [0.15, 0.2) is 12.2 Å². The quantitative estimate of drug-likeness (QED) is 0.421. The van der Waals surface area contributed by atoms with Gasteiger partial charge in [-0.05, 0) is 6.92 Å². The highest BCUT2D eigenvalue weighted by Crippen LogP contribution is 2.20. The first-order valence-electron chi connectivity index (χ1n) is 3.18. The summed E-state index contributed by atoms with van der Waals surface area (Å²) in [6.07, 6.45) is -0.514. The van der Waals surface area contributed by atoms with Crippen LogP contribution in [0.4, 0.5) is 0 Å². The molecule has 0 aliphatic carbocycles. The largest absolute Gasteiger partial charge is 0.456 e. The van der Waals surface area contributed by atoms with Crippen molar-refractivity contribution in [2.45, 2.75) is 25.6 Å². The monoisotopic (exact) mass is 142 g/mol. The second-order valence-corrected chi connectivity index (χ2v) is 2.49. The van der Waals surface area contributed by atoms with Gasteiger partial charge in [0.15, 0.2) is 0 Å². The number of esters is 1. The van der Waals surface area contributed by atoms with Crippen LogP contribution in [0.5, 0.6) is 0 Å². The number of aliphatic hydroxyl groups excluding tert-OH is 1. The van der Waals surface area contributed by atoms with Crippen molar-refractivity contribution in [3.05, 3.63) is 12.2 Å². The summed E-state index contributed by atoms with van der Waals surface area (Å²) in [7, 11) is 0. The molecule has 0 unspecified atom stereocenters. The Morgan fingerprint density at radius 2 is 2.50 bits per heavy atom. The predicted molar refractivity (Wildman–Crippen MR) is 35.3 cm³/mol. The van der Waals surface area contributed by atoms with E-state index in [9.17, 15) is 4.79 Å². The van der Waals surface area contributed by atoms with Crippen molar-refractivity contribution >= 4 is 5.97 Å². The molecule has 1 fully saturated rings. The summed E-state index contributed by atoms with van der Waals surface area (Å²) in [6, 6.07) is 0. The van der Waals surface area contributed by atoms with E-state index in [1.807, 2.05) is 0 Å².